The number of hydrogen-bond donors (Lipinski definition) is 0. The topological polar surface area (TPSA) is 39.1 Å². The summed E-state index contributed by atoms with van der Waals surface area (Å²) >= 11 is 3.42. The molecule has 0 unspecified atom stereocenters. The lowest BCUT2D eigenvalue weighted by Gasteiger charge is -2.19. The monoisotopic (exact) mass is 421 g/mol. The summed E-state index contributed by atoms with van der Waals surface area (Å²) < 4.78 is 2.54. The third kappa shape index (κ3) is 2.62. The summed E-state index contributed by atoms with van der Waals surface area (Å²) in [4.78, 5) is 25.0. The van der Waals surface area contributed by atoms with Crippen molar-refractivity contribution in [2.24, 2.45) is 7.05 Å². The van der Waals surface area contributed by atoms with Gasteiger partial charge >= 0.3 is 0 Å². The number of carbonyl (C=O) groups is 2. The third-order valence-corrected chi connectivity index (χ3v) is 5.95. The van der Waals surface area contributed by atoms with Crippen molar-refractivity contribution in [2.45, 2.75) is 26.2 Å². The van der Waals surface area contributed by atoms with Crippen LogP contribution in [0.15, 0.2) is 53.0 Å². The zero-order valence-corrected chi connectivity index (χ0v) is 17.3. The van der Waals surface area contributed by atoms with E-state index >= 15 is 0 Å². The largest absolute Gasteiger partial charge is 0.347 e. The second-order valence-corrected chi connectivity index (χ2v) is 8.76. The predicted octanol–water partition coefficient (Wildman–Crippen LogP) is 5.40. The second kappa shape index (κ2) is 6.03. The van der Waals surface area contributed by atoms with Gasteiger partial charge < -0.3 is 4.57 Å². The smallest absolute Gasteiger partial charge is 0.241 e. The van der Waals surface area contributed by atoms with Gasteiger partial charge in [0, 0.05) is 40.2 Å². The number of halogens is 1. The molecule has 27 heavy (non-hydrogen) atoms. The van der Waals surface area contributed by atoms with Crippen molar-refractivity contribution in [3.63, 3.8) is 0 Å². The van der Waals surface area contributed by atoms with Crippen molar-refractivity contribution in [3.05, 3.63) is 75.4 Å². The molecule has 4 rings (SSSR count). The van der Waals surface area contributed by atoms with Crippen molar-refractivity contribution >= 4 is 44.0 Å². The molecule has 0 saturated carbocycles. The Morgan fingerprint density at radius 1 is 0.852 bits per heavy atom. The first-order chi connectivity index (χ1) is 12.7. The zero-order valence-electron chi connectivity index (χ0n) is 15.8. The van der Waals surface area contributed by atoms with E-state index in [4.69, 9.17) is 0 Å². The molecule has 0 amide bonds. The number of aryl methyl sites for hydroxylation is 1. The molecular weight excluding hydrogens is 402 g/mol. The molecule has 0 radical (unpaired) electrons. The molecule has 0 fully saturated rings. The first kappa shape index (κ1) is 17.9. The lowest BCUT2D eigenvalue weighted by atomic mass is 9.84. The zero-order chi connectivity index (χ0) is 19.5. The fourth-order valence-corrected chi connectivity index (χ4v) is 4.52. The van der Waals surface area contributed by atoms with Gasteiger partial charge in [-0.1, -0.05) is 57.2 Å². The van der Waals surface area contributed by atoms with E-state index in [1.807, 2.05) is 24.3 Å². The fraction of sp³-hybridized carbons (Fsp3) is 0.217. The van der Waals surface area contributed by atoms with Crippen LogP contribution < -0.4 is 0 Å². The predicted molar refractivity (Wildman–Crippen MR) is 112 cm³/mol. The van der Waals surface area contributed by atoms with Crippen LogP contribution in [0.3, 0.4) is 0 Å². The minimum atomic E-state index is -0.493. The SMILES string of the molecule is Cn1c(C(C)(C)C)cc2c(C3=C(Br)C(=O)C(=O)c4ccccc43)cccc21. The summed E-state index contributed by atoms with van der Waals surface area (Å²) in [6.45, 7) is 6.57. The Kier molecular flexibility index (Phi) is 4.00. The summed E-state index contributed by atoms with van der Waals surface area (Å²) in [6.07, 6.45) is 0. The highest BCUT2D eigenvalue weighted by Gasteiger charge is 2.33. The van der Waals surface area contributed by atoms with Crippen LogP contribution in [0.1, 0.15) is 48.0 Å². The van der Waals surface area contributed by atoms with E-state index in [2.05, 4.69) is 60.4 Å². The summed E-state index contributed by atoms with van der Waals surface area (Å²) in [7, 11) is 2.07. The minimum Gasteiger partial charge on any atom is -0.347 e. The molecule has 3 nitrogen and oxygen atoms in total. The quantitative estimate of drug-likeness (QED) is 0.493. The van der Waals surface area contributed by atoms with Gasteiger partial charge in [-0.2, -0.15) is 0 Å². The van der Waals surface area contributed by atoms with Crippen LogP contribution >= 0.6 is 15.9 Å². The van der Waals surface area contributed by atoms with E-state index in [1.54, 1.807) is 12.1 Å². The molecule has 0 bridgehead atoms. The second-order valence-electron chi connectivity index (χ2n) is 7.97. The number of hydrogen-bond acceptors (Lipinski definition) is 2. The van der Waals surface area contributed by atoms with E-state index in [-0.39, 0.29) is 5.41 Å². The molecule has 0 aliphatic heterocycles. The van der Waals surface area contributed by atoms with Crippen LogP contribution in [0.25, 0.3) is 16.5 Å². The molecule has 1 aliphatic rings. The van der Waals surface area contributed by atoms with Gasteiger partial charge in [0.05, 0.1) is 4.48 Å². The van der Waals surface area contributed by atoms with E-state index in [9.17, 15) is 9.59 Å². The summed E-state index contributed by atoms with van der Waals surface area (Å²) in [5.41, 5.74) is 5.31. The highest BCUT2D eigenvalue weighted by Crippen LogP contribution is 2.41. The summed E-state index contributed by atoms with van der Waals surface area (Å²) in [5.74, 6) is -0.954. The first-order valence-corrected chi connectivity index (χ1v) is 9.68. The average molecular weight is 422 g/mol. The molecule has 1 aromatic heterocycles. The number of fused-ring (bicyclic) bond motifs is 2. The molecule has 136 valence electrons. The number of allylic oxidation sites excluding steroid dienone is 1. The first-order valence-electron chi connectivity index (χ1n) is 8.89. The van der Waals surface area contributed by atoms with Crippen molar-refractivity contribution in [3.8, 4) is 0 Å². The maximum absolute atomic E-state index is 12.6. The van der Waals surface area contributed by atoms with E-state index < -0.39 is 11.6 Å². The third-order valence-electron chi connectivity index (χ3n) is 5.19. The molecule has 2 aromatic carbocycles. The number of benzene rings is 2. The number of nitrogens with zero attached hydrogens (tertiary/aromatic N) is 1. The molecular formula is C23H20BrNO2. The van der Waals surface area contributed by atoms with Crippen molar-refractivity contribution in [2.75, 3.05) is 0 Å². The standard InChI is InChI=1S/C23H20BrNO2/c1-23(2,3)18-12-16-14(10-7-11-17(16)25(18)4)19-13-8-5-6-9-15(13)21(26)22(27)20(19)24/h5-12H,1-4H3. The van der Waals surface area contributed by atoms with Gasteiger partial charge in [-0.05, 0) is 39.2 Å². The van der Waals surface area contributed by atoms with Gasteiger partial charge in [-0.3, -0.25) is 9.59 Å². The Hall–Kier alpha value is -2.46. The van der Waals surface area contributed by atoms with Crippen LogP contribution in [0.5, 0.6) is 0 Å². The van der Waals surface area contributed by atoms with Crippen LogP contribution in [0.4, 0.5) is 0 Å². The van der Waals surface area contributed by atoms with Gasteiger partial charge in [0.25, 0.3) is 0 Å². The lowest BCUT2D eigenvalue weighted by molar-refractivity contribution is -0.111. The van der Waals surface area contributed by atoms with Gasteiger partial charge in [-0.25, -0.2) is 0 Å². The maximum atomic E-state index is 12.6. The van der Waals surface area contributed by atoms with Crippen LogP contribution in [-0.2, 0) is 17.3 Å². The fourth-order valence-electron chi connectivity index (χ4n) is 3.91. The molecule has 3 aromatic rings. The highest BCUT2D eigenvalue weighted by molar-refractivity contribution is 9.12. The van der Waals surface area contributed by atoms with Crippen molar-refractivity contribution in [1.29, 1.82) is 0 Å². The Balaban J connectivity index is 2.08. The lowest BCUT2D eigenvalue weighted by Crippen LogP contribution is -2.21. The Morgan fingerprint density at radius 3 is 2.15 bits per heavy atom. The number of Topliss-reactive ketones (excluding diaryl/α,β-unsaturated/α-hetero) is 2. The molecule has 0 spiro atoms. The molecule has 0 saturated heterocycles. The summed E-state index contributed by atoms with van der Waals surface area (Å²) in [6, 6.07) is 15.6. The van der Waals surface area contributed by atoms with E-state index in [0.717, 1.165) is 27.6 Å². The van der Waals surface area contributed by atoms with Gasteiger partial charge in [0.2, 0.25) is 11.6 Å². The minimum absolute atomic E-state index is 0.00703. The van der Waals surface area contributed by atoms with E-state index in [0.29, 0.717) is 10.0 Å². The van der Waals surface area contributed by atoms with Crippen molar-refractivity contribution < 1.29 is 9.59 Å². The summed E-state index contributed by atoms with van der Waals surface area (Å²) in [5, 5.41) is 1.08. The molecule has 4 heteroatoms. The van der Waals surface area contributed by atoms with Crippen LogP contribution in [0.2, 0.25) is 0 Å². The molecule has 0 atom stereocenters. The Labute approximate surface area is 166 Å². The van der Waals surface area contributed by atoms with Gasteiger partial charge in [-0.15, -0.1) is 0 Å². The van der Waals surface area contributed by atoms with Gasteiger partial charge in [0.1, 0.15) is 0 Å². The average Bonchev–Trinajstić information content (AvgIpc) is 2.98. The Morgan fingerprint density at radius 2 is 1.48 bits per heavy atom. The van der Waals surface area contributed by atoms with Crippen LogP contribution in [-0.4, -0.2) is 16.1 Å². The number of rotatable bonds is 1. The number of carbonyl (C=O) groups excluding carboxylic acids is 2. The van der Waals surface area contributed by atoms with Crippen LogP contribution in [0, 0.1) is 0 Å². The number of ketones is 2. The van der Waals surface area contributed by atoms with Gasteiger partial charge in [0.15, 0.2) is 0 Å². The molecule has 0 N–H and O–H groups in total. The van der Waals surface area contributed by atoms with Crippen molar-refractivity contribution in [1.82, 2.24) is 4.57 Å². The maximum Gasteiger partial charge on any atom is 0.241 e. The molecule has 1 aliphatic carbocycles. The normalized spacial score (nSPS) is 14.9. The number of aromatic nitrogens is 1. The highest BCUT2D eigenvalue weighted by atomic mass is 79.9. The Bertz CT molecular complexity index is 1160. The molecule has 1 heterocycles. The van der Waals surface area contributed by atoms with E-state index in [1.165, 1.54) is 5.69 Å².